The molecule has 0 saturated carbocycles. The summed E-state index contributed by atoms with van der Waals surface area (Å²) in [6, 6.07) is 17.8. The van der Waals surface area contributed by atoms with Gasteiger partial charge in [-0.05, 0) is 56.5 Å². The summed E-state index contributed by atoms with van der Waals surface area (Å²) < 4.78 is 5.83. The Labute approximate surface area is 180 Å². The topological polar surface area (TPSA) is 53.0 Å². The van der Waals surface area contributed by atoms with Crippen molar-refractivity contribution in [3.63, 3.8) is 0 Å². The van der Waals surface area contributed by atoms with Gasteiger partial charge in [0.25, 0.3) is 5.91 Å². The van der Waals surface area contributed by atoms with Crippen molar-refractivity contribution in [2.24, 2.45) is 0 Å². The molecule has 5 heteroatoms. The summed E-state index contributed by atoms with van der Waals surface area (Å²) in [7, 11) is 0. The van der Waals surface area contributed by atoms with E-state index >= 15 is 0 Å². The van der Waals surface area contributed by atoms with Crippen molar-refractivity contribution in [1.29, 1.82) is 0 Å². The summed E-state index contributed by atoms with van der Waals surface area (Å²) in [5.41, 5.74) is 1.83. The number of amides is 1. The van der Waals surface area contributed by atoms with Crippen molar-refractivity contribution in [1.82, 2.24) is 9.80 Å². The Bertz CT molecular complexity index is 788. The van der Waals surface area contributed by atoms with Crippen LogP contribution in [0.5, 0.6) is 5.75 Å². The zero-order valence-corrected chi connectivity index (χ0v) is 18.2. The highest BCUT2D eigenvalue weighted by atomic mass is 16.5. The molecule has 3 rings (SSSR count). The Balaban J connectivity index is 1.50. The molecule has 2 aromatic carbocycles. The maximum Gasteiger partial charge on any atom is 0.253 e. The fourth-order valence-electron chi connectivity index (χ4n) is 4.14. The summed E-state index contributed by atoms with van der Waals surface area (Å²) in [4.78, 5) is 17.0. The molecule has 1 unspecified atom stereocenters. The Hall–Kier alpha value is -2.37. The summed E-state index contributed by atoms with van der Waals surface area (Å²) in [6.07, 6.45) is 2.36. The lowest BCUT2D eigenvalue weighted by Crippen LogP contribution is -2.49. The van der Waals surface area contributed by atoms with Gasteiger partial charge < -0.3 is 14.7 Å². The quantitative estimate of drug-likeness (QED) is 0.684. The number of benzene rings is 2. The van der Waals surface area contributed by atoms with Crippen LogP contribution in [0, 0.1) is 6.92 Å². The van der Waals surface area contributed by atoms with E-state index in [1.165, 1.54) is 0 Å². The number of hydrogen-bond acceptors (Lipinski definition) is 4. The molecule has 0 aliphatic carbocycles. The largest absolute Gasteiger partial charge is 0.491 e. The first kappa shape index (κ1) is 22.3. The first-order valence-electron chi connectivity index (χ1n) is 11.0. The van der Waals surface area contributed by atoms with Gasteiger partial charge in [0.15, 0.2) is 0 Å². The third-order valence-corrected chi connectivity index (χ3v) is 5.77. The lowest BCUT2D eigenvalue weighted by molar-refractivity contribution is 0.0321. The van der Waals surface area contributed by atoms with Crippen LogP contribution in [0.25, 0.3) is 0 Å². The van der Waals surface area contributed by atoms with Gasteiger partial charge in [0.05, 0.1) is 0 Å². The van der Waals surface area contributed by atoms with Crippen LogP contribution in [0.2, 0.25) is 0 Å². The molecule has 2 aromatic rings. The van der Waals surface area contributed by atoms with Crippen molar-refractivity contribution in [2.45, 2.75) is 45.3 Å². The van der Waals surface area contributed by atoms with Crippen molar-refractivity contribution in [3.05, 3.63) is 65.7 Å². The zero-order chi connectivity index (χ0) is 21.3. The third kappa shape index (κ3) is 6.07. The molecule has 1 N–H and O–H groups in total. The van der Waals surface area contributed by atoms with Gasteiger partial charge in [-0.25, -0.2) is 0 Å². The number of para-hydroxylation sites is 1. The second-order valence-corrected chi connectivity index (χ2v) is 8.11. The van der Waals surface area contributed by atoms with Crippen LogP contribution in [-0.4, -0.2) is 65.7 Å². The minimum Gasteiger partial charge on any atom is -0.491 e. The number of piperidine rings is 1. The average molecular weight is 411 g/mol. The number of carbonyl (C=O) groups excluding carboxylic acids is 1. The van der Waals surface area contributed by atoms with Crippen molar-refractivity contribution in [2.75, 3.05) is 32.8 Å². The number of rotatable bonds is 9. The average Bonchev–Trinajstić information content (AvgIpc) is 2.78. The van der Waals surface area contributed by atoms with E-state index in [-0.39, 0.29) is 12.5 Å². The van der Waals surface area contributed by atoms with Crippen LogP contribution in [0.15, 0.2) is 54.6 Å². The van der Waals surface area contributed by atoms with Crippen molar-refractivity contribution < 1.29 is 14.6 Å². The van der Waals surface area contributed by atoms with Gasteiger partial charge >= 0.3 is 0 Å². The summed E-state index contributed by atoms with van der Waals surface area (Å²) in [5.74, 6) is 0.939. The number of nitrogens with zero attached hydrogens (tertiary/aromatic N) is 2. The van der Waals surface area contributed by atoms with E-state index in [0.717, 1.165) is 55.8 Å². The predicted molar refractivity (Wildman–Crippen MR) is 120 cm³/mol. The molecule has 1 saturated heterocycles. The lowest BCUT2D eigenvalue weighted by atomic mass is 10.0. The third-order valence-electron chi connectivity index (χ3n) is 5.77. The smallest absolute Gasteiger partial charge is 0.253 e. The van der Waals surface area contributed by atoms with Gasteiger partial charge in [0.2, 0.25) is 0 Å². The first-order chi connectivity index (χ1) is 14.6. The van der Waals surface area contributed by atoms with E-state index in [0.29, 0.717) is 12.6 Å². The van der Waals surface area contributed by atoms with Crippen LogP contribution < -0.4 is 4.74 Å². The second kappa shape index (κ2) is 11.1. The minimum atomic E-state index is -0.542. The normalized spacial score (nSPS) is 15.9. The van der Waals surface area contributed by atoms with Gasteiger partial charge in [-0.2, -0.15) is 0 Å². The SMILES string of the molecule is CCCN(CC(O)COc1ccccc1C)C1CCN(C(=O)c2ccccc2)CC1. The Morgan fingerprint density at radius 1 is 1.13 bits per heavy atom. The number of hydrogen-bond donors (Lipinski definition) is 1. The fraction of sp³-hybridized carbons (Fsp3) is 0.480. The van der Waals surface area contributed by atoms with Crippen LogP contribution in [0.3, 0.4) is 0 Å². The number of likely N-dealkylation sites (tertiary alicyclic amines) is 1. The molecule has 0 spiro atoms. The maximum atomic E-state index is 12.7. The van der Waals surface area contributed by atoms with Crippen LogP contribution in [0.1, 0.15) is 42.1 Å². The first-order valence-corrected chi connectivity index (χ1v) is 11.0. The molecule has 162 valence electrons. The molecule has 30 heavy (non-hydrogen) atoms. The molecule has 1 amide bonds. The predicted octanol–water partition coefficient (Wildman–Crippen LogP) is 3.75. The Morgan fingerprint density at radius 3 is 2.47 bits per heavy atom. The summed E-state index contributed by atoms with van der Waals surface area (Å²) in [6.45, 7) is 7.52. The van der Waals surface area contributed by atoms with Crippen LogP contribution in [-0.2, 0) is 0 Å². The molecule has 1 heterocycles. The van der Waals surface area contributed by atoms with E-state index in [1.54, 1.807) is 0 Å². The number of aliphatic hydroxyl groups excluding tert-OH is 1. The zero-order valence-electron chi connectivity index (χ0n) is 18.2. The van der Waals surface area contributed by atoms with E-state index in [2.05, 4.69) is 11.8 Å². The molecule has 1 atom stereocenters. The molecule has 5 nitrogen and oxygen atoms in total. The molecular weight excluding hydrogens is 376 g/mol. The van der Waals surface area contributed by atoms with Gasteiger partial charge in [-0.1, -0.05) is 43.3 Å². The molecular formula is C25H34N2O3. The van der Waals surface area contributed by atoms with E-state index < -0.39 is 6.10 Å². The standard InChI is InChI=1S/C25H34N2O3/c1-3-15-27(18-23(28)19-30-24-12-8-7-9-20(24)2)22-13-16-26(17-14-22)25(29)21-10-5-4-6-11-21/h4-12,22-23,28H,3,13-19H2,1-2H3. The highest BCUT2D eigenvalue weighted by molar-refractivity contribution is 5.94. The highest BCUT2D eigenvalue weighted by Gasteiger charge is 2.28. The summed E-state index contributed by atoms with van der Waals surface area (Å²) in [5, 5.41) is 10.6. The number of carbonyl (C=O) groups is 1. The van der Waals surface area contributed by atoms with Gasteiger partial charge in [-0.3, -0.25) is 9.69 Å². The maximum absolute atomic E-state index is 12.7. The van der Waals surface area contributed by atoms with Crippen LogP contribution in [0.4, 0.5) is 0 Å². The molecule has 0 aromatic heterocycles. The van der Waals surface area contributed by atoms with E-state index in [4.69, 9.17) is 4.74 Å². The molecule has 0 bridgehead atoms. The summed E-state index contributed by atoms with van der Waals surface area (Å²) >= 11 is 0. The van der Waals surface area contributed by atoms with Crippen molar-refractivity contribution in [3.8, 4) is 5.75 Å². The molecule has 1 aliphatic rings. The lowest BCUT2D eigenvalue weighted by Gasteiger charge is -2.39. The van der Waals surface area contributed by atoms with E-state index in [1.807, 2.05) is 66.4 Å². The Kier molecular flexibility index (Phi) is 8.29. The second-order valence-electron chi connectivity index (χ2n) is 8.11. The fourth-order valence-corrected chi connectivity index (χ4v) is 4.14. The van der Waals surface area contributed by atoms with Gasteiger partial charge in [-0.15, -0.1) is 0 Å². The highest BCUT2D eigenvalue weighted by Crippen LogP contribution is 2.20. The molecule has 1 fully saturated rings. The van der Waals surface area contributed by atoms with Gasteiger partial charge in [0.1, 0.15) is 18.5 Å². The molecule has 1 aliphatic heterocycles. The van der Waals surface area contributed by atoms with Crippen LogP contribution >= 0.6 is 0 Å². The van der Waals surface area contributed by atoms with Gasteiger partial charge in [0, 0.05) is 31.2 Å². The minimum absolute atomic E-state index is 0.114. The molecule has 0 radical (unpaired) electrons. The monoisotopic (exact) mass is 410 g/mol. The van der Waals surface area contributed by atoms with E-state index in [9.17, 15) is 9.90 Å². The number of aliphatic hydroxyl groups is 1. The number of ether oxygens (including phenoxy) is 1. The Morgan fingerprint density at radius 2 is 1.80 bits per heavy atom. The number of aryl methyl sites for hydroxylation is 1. The van der Waals surface area contributed by atoms with Crippen molar-refractivity contribution >= 4 is 5.91 Å².